The Morgan fingerprint density at radius 3 is 2.68 bits per heavy atom. The quantitative estimate of drug-likeness (QED) is 0.814. The van der Waals surface area contributed by atoms with E-state index < -0.39 is 0 Å². The standard InChI is InChI=1S/C18H29N3O/c1-4-18(11-8-12-19-18)17(22)20-16-10-7-9-15(13-16)14-21(5-2)6-3/h7,9-10,13,19H,4-6,8,11-12,14H2,1-3H3,(H,20,22). The monoisotopic (exact) mass is 303 g/mol. The largest absolute Gasteiger partial charge is 0.324 e. The maximum Gasteiger partial charge on any atom is 0.244 e. The zero-order valence-corrected chi connectivity index (χ0v) is 14.1. The molecule has 1 fully saturated rings. The molecule has 1 aromatic rings. The van der Waals surface area contributed by atoms with Crippen LogP contribution < -0.4 is 10.6 Å². The summed E-state index contributed by atoms with van der Waals surface area (Å²) in [6, 6.07) is 8.21. The first-order valence-electron chi connectivity index (χ1n) is 8.51. The Morgan fingerprint density at radius 1 is 1.32 bits per heavy atom. The minimum absolute atomic E-state index is 0.104. The van der Waals surface area contributed by atoms with Gasteiger partial charge in [-0.1, -0.05) is 32.9 Å². The van der Waals surface area contributed by atoms with Crippen LogP contribution in [0.4, 0.5) is 5.69 Å². The van der Waals surface area contributed by atoms with Crippen molar-refractivity contribution in [3.05, 3.63) is 29.8 Å². The average Bonchev–Trinajstić information content (AvgIpc) is 3.03. The van der Waals surface area contributed by atoms with Gasteiger partial charge in [-0.25, -0.2) is 0 Å². The third-order valence-electron chi connectivity index (χ3n) is 4.77. The van der Waals surface area contributed by atoms with E-state index in [0.717, 1.165) is 51.1 Å². The zero-order chi connectivity index (χ0) is 16.0. The van der Waals surface area contributed by atoms with E-state index in [1.807, 2.05) is 12.1 Å². The number of benzene rings is 1. The van der Waals surface area contributed by atoms with Crippen molar-refractivity contribution in [1.82, 2.24) is 10.2 Å². The second kappa shape index (κ2) is 7.75. The van der Waals surface area contributed by atoms with Crippen LogP contribution in [0, 0.1) is 0 Å². The van der Waals surface area contributed by atoms with Crippen molar-refractivity contribution in [3.8, 4) is 0 Å². The highest BCUT2D eigenvalue weighted by Crippen LogP contribution is 2.25. The average molecular weight is 303 g/mol. The van der Waals surface area contributed by atoms with Crippen molar-refractivity contribution >= 4 is 11.6 Å². The third kappa shape index (κ3) is 3.87. The maximum atomic E-state index is 12.6. The van der Waals surface area contributed by atoms with E-state index in [-0.39, 0.29) is 11.4 Å². The number of carbonyl (C=O) groups is 1. The molecule has 1 aliphatic rings. The highest BCUT2D eigenvalue weighted by Gasteiger charge is 2.38. The summed E-state index contributed by atoms with van der Waals surface area (Å²) in [4.78, 5) is 15.0. The Labute approximate surface area is 134 Å². The van der Waals surface area contributed by atoms with Crippen LogP contribution in [0.15, 0.2) is 24.3 Å². The van der Waals surface area contributed by atoms with E-state index in [4.69, 9.17) is 0 Å². The summed E-state index contributed by atoms with van der Waals surface area (Å²) >= 11 is 0. The fourth-order valence-corrected chi connectivity index (χ4v) is 3.17. The molecule has 0 aromatic heterocycles. The molecular formula is C18H29N3O. The molecule has 1 atom stereocenters. The van der Waals surface area contributed by atoms with Crippen LogP contribution in [0.1, 0.15) is 45.6 Å². The summed E-state index contributed by atoms with van der Waals surface area (Å²) in [5.41, 5.74) is 1.76. The van der Waals surface area contributed by atoms with Gasteiger partial charge >= 0.3 is 0 Å². The molecule has 0 spiro atoms. The first-order valence-corrected chi connectivity index (χ1v) is 8.51. The van der Waals surface area contributed by atoms with Gasteiger partial charge in [0.15, 0.2) is 0 Å². The van der Waals surface area contributed by atoms with Crippen molar-refractivity contribution in [3.63, 3.8) is 0 Å². The molecule has 4 nitrogen and oxygen atoms in total. The zero-order valence-electron chi connectivity index (χ0n) is 14.1. The SMILES string of the molecule is CCN(CC)Cc1cccc(NC(=O)C2(CC)CCCN2)c1. The first kappa shape index (κ1) is 17.0. The van der Waals surface area contributed by atoms with Gasteiger partial charge in [0.25, 0.3) is 0 Å². The van der Waals surface area contributed by atoms with Gasteiger partial charge in [0, 0.05) is 12.2 Å². The molecule has 0 radical (unpaired) electrons. The van der Waals surface area contributed by atoms with E-state index in [1.54, 1.807) is 0 Å². The van der Waals surface area contributed by atoms with Gasteiger partial charge in [-0.15, -0.1) is 0 Å². The Morgan fingerprint density at radius 2 is 2.09 bits per heavy atom. The first-order chi connectivity index (χ1) is 10.6. The summed E-state index contributed by atoms with van der Waals surface area (Å²) in [6.45, 7) is 10.4. The van der Waals surface area contributed by atoms with Crippen LogP contribution in [0.2, 0.25) is 0 Å². The number of nitrogens with zero attached hydrogens (tertiary/aromatic N) is 1. The number of rotatable bonds is 7. The van der Waals surface area contributed by atoms with Crippen molar-refractivity contribution in [1.29, 1.82) is 0 Å². The Bertz CT molecular complexity index is 491. The number of carbonyl (C=O) groups excluding carboxylic acids is 1. The van der Waals surface area contributed by atoms with Gasteiger partial charge in [0.05, 0.1) is 5.54 Å². The minimum Gasteiger partial charge on any atom is -0.324 e. The van der Waals surface area contributed by atoms with Crippen molar-refractivity contribution in [2.45, 2.75) is 52.1 Å². The smallest absolute Gasteiger partial charge is 0.244 e. The number of hydrogen-bond donors (Lipinski definition) is 2. The van der Waals surface area contributed by atoms with Crippen molar-refractivity contribution < 1.29 is 4.79 Å². The fraction of sp³-hybridized carbons (Fsp3) is 0.611. The minimum atomic E-state index is -0.380. The van der Waals surface area contributed by atoms with Crippen molar-refractivity contribution in [2.75, 3.05) is 25.0 Å². The van der Waals surface area contributed by atoms with Gasteiger partial charge in [0.2, 0.25) is 5.91 Å². The number of amides is 1. The molecule has 1 amide bonds. The fourth-order valence-electron chi connectivity index (χ4n) is 3.17. The molecule has 1 aliphatic heterocycles. The Kier molecular flexibility index (Phi) is 5.98. The molecule has 1 aromatic carbocycles. The lowest BCUT2D eigenvalue weighted by Crippen LogP contribution is -2.50. The van der Waals surface area contributed by atoms with Crippen molar-refractivity contribution in [2.24, 2.45) is 0 Å². The molecular weight excluding hydrogens is 274 g/mol. The van der Waals surface area contributed by atoms with Gasteiger partial charge in [-0.3, -0.25) is 9.69 Å². The van der Waals surface area contributed by atoms with E-state index in [2.05, 4.69) is 48.4 Å². The van der Waals surface area contributed by atoms with E-state index in [1.165, 1.54) is 5.56 Å². The second-order valence-corrected chi connectivity index (χ2v) is 6.08. The summed E-state index contributed by atoms with van der Waals surface area (Å²) in [5, 5.41) is 6.49. The van der Waals surface area contributed by atoms with Crippen LogP contribution in [0.25, 0.3) is 0 Å². The summed E-state index contributed by atoms with van der Waals surface area (Å²) in [7, 11) is 0. The summed E-state index contributed by atoms with van der Waals surface area (Å²) in [5.74, 6) is 0.104. The molecule has 2 N–H and O–H groups in total. The third-order valence-corrected chi connectivity index (χ3v) is 4.77. The van der Waals surface area contributed by atoms with E-state index >= 15 is 0 Å². The molecule has 22 heavy (non-hydrogen) atoms. The normalized spacial score (nSPS) is 21.3. The van der Waals surface area contributed by atoms with E-state index in [0.29, 0.717) is 0 Å². The summed E-state index contributed by atoms with van der Waals surface area (Å²) in [6.07, 6.45) is 2.83. The molecule has 0 aliphatic carbocycles. The van der Waals surface area contributed by atoms with Gasteiger partial charge in [-0.2, -0.15) is 0 Å². The van der Waals surface area contributed by atoms with Gasteiger partial charge < -0.3 is 10.6 Å². The molecule has 122 valence electrons. The lowest BCUT2D eigenvalue weighted by molar-refractivity contribution is -0.122. The number of anilines is 1. The molecule has 1 saturated heterocycles. The van der Waals surface area contributed by atoms with Crippen LogP contribution >= 0.6 is 0 Å². The molecule has 2 rings (SSSR count). The van der Waals surface area contributed by atoms with Crippen LogP contribution in [0.3, 0.4) is 0 Å². The molecule has 0 bridgehead atoms. The molecule has 0 saturated carbocycles. The number of hydrogen-bond acceptors (Lipinski definition) is 3. The highest BCUT2D eigenvalue weighted by atomic mass is 16.2. The van der Waals surface area contributed by atoms with Gasteiger partial charge in [0.1, 0.15) is 0 Å². The predicted octanol–water partition coefficient (Wildman–Crippen LogP) is 3.00. The Hall–Kier alpha value is -1.39. The van der Waals surface area contributed by atoms with E-state index in [9.17, 15) is 4.79 Å². The van der Waals surface area contributed by atoms with Crippen LogP contribution in [-0.4, -0.2) is 36.0 Å². The van der Waals surface area contributed by atoms with Gasteiger partial charge in [-0.05, 0) is 56.6 Å². The molecule has 1 unspecified atom stereocenters. The Balaban J connectivity index is 2.05. The topological polar surface area (TPSA) is 44.4 Å². The lowest BCUT2D eigenvalue weighted by Gasteiger charge is -2.27. The summed E-state index contributed by atoms with van der Waals surface area (Å²) < 4.78 is 0. The number of nitrogens with one attached hydrogen (secondary N) is 2. The molecule has 4 heteroatoms. The second-order valence-electron chi connectivity index (χ2n) is 6.08. The highest BCUT2D eigenvalue weighted by molar-refractivity contribution is 5.98. The van der Waals surface area contributed by atoms with Crippen LogP contribution in [0.5, 0.6) is 0 Å². The molecule has 1 heterocycles. The lowest BCUT2D eigenvalue weighted by atomic mass is 9.93. The predicted molar refractivity (Wildman–Crippen MR) is 92.0 cm³/mol. The maximum absolute atomic E-state index is 12.6. The van der Waals surface area contributed by atoms with Crippen LogP contribution in [-0.2, 0) is 11.3 Å².